The van der Waals surface area contributed by atoms with Gasteiger partial charge in [-0.2, -0.15) is 0 Å². The molecule has 98 valence electrons. The van der Waals surface area contributed by atoms with E-state index in [1.165, 1.54) is 0 Å². The third kappa shape index (κ3) is 3.91. The molecule has 0 aliphatic carbocycles. The normalized spacial score (nSPS) is 16.9. The van der Waals surface area contributed by atoms with Crippen molar-refractivity contribution in [3.8, 4) is 0 Å². The van der Waals surface area contributed by atoms with E-state index in [0.29, 0.717) is 26.2 Å². The maximum atomic E-state index is 11.8. The van der Waals surface area contributed by atoms with Gasteiger partial charge in [-0.1, -0.05) is 13.8 Å². The molecule has 1 rings (SSSR count). The number of hydrogen-bond acceptors (Lipinski definition) is 3. The minimum atomic E-state index is -0.272. The molecule has 0 radical (unpaired) electrons. The topological polar surface area (TPSA) is 49.9 Å². The van der Waals surface area contributed by atoms with Crippen LogP contribution in [-0.4, -0.2) is 54.6 Å². The van der Waals surface area contributed by atoms with Gasteiger partial charge in [0, 0.05) is 32.1 Å². The summed E-state index contributed by atoms with van der Waals surface area (Å²) >= 11 is 0. The summed E-state index contributed by atoms with van der Waals surface area (Å²) in [7, 11) is 0. The average molecular weight is 242 g/mol. The predicted molar refractivity (Wildman–Crippen MR) is 64.6 cm³/mol. The first-order valence-electron chi connectivity index (χ1n) is 6.26. The second-order valence-electron chi connectivity index (χ2n) is 4.52. The number of carbonyl (C=O) groups is 2. The van der Waals surface area contributed by atoms with Crippen LogP contribution in [0.15, 0.2) is 0 Å². The molecule has 5 heteroatoms. The Morgan fingerprint density at radius 1 is 1.12 bits per heavy atom. The molecule has 17 heavy (non-hydrogen) atoms. The lowest BCUT2D eigenvalue weighted by atomic mass is 10.2. The summed E-state index contributed by atoms with van der Waals surface area (Å²) in [6.07, 6.45) is 0.545. The van der Waals surface area contributed by atoms with Gasteiger partial charge in [0.2, 0.25) is 5.91 Å². The molecule has 5 nitrogen and oxygen atoms in total. The number of carbonyl (C=O) groups excluding carboxylic acids is 2. The van der Waals surface area contributed by atoms with E-state index in [1.807, 2.05) is 18.7 Å². The summed E-state index contributed by atoms with van der Waals surface area (Å²) in [4.78, 5) is 26.9. The van der Waals surface area contributed by atoms with Crippen molar-refractivity contribution in [1.82, 2.24) is 9.80 Å². The molecule has 0 N–H and O–H groups in total. The van der Waals surface area contributed by atoms with Crippen molar-refractivity contribution < 1.29 is 14.3 Å². The molecule has 1 fully saturated rings. The van der Waals surface area contributed by atoms with Gasteiger partial charge in [0.15, 0.2) is 0 Å². The number of nitrogens with zero attached hydrogens (tertiary/aromatic N) is 2. The second kappa shape index (κ2) is 6.47. The minimum Gasteiger partial charge on any atom is -0.450 e. The monoisotopic (exact) mass is 242 g/mol. The first-order valence-corrected chi connectivity index (χ1v) is 6.26. The molecule has 1 aliphatic heterocycles. The third-order valence-corrected chi connectivity index (χ3v) is 2.83. The van der Waals surface area contributed by atoms with Gasteiger partial charge >= 0.3 is 6.09 Å². The van der Waals surface area contributed by atoms with Gasteiger partial charge < -0.3 is 14.5 Å². The number of hydrogen-bond donors (Lipinski definition) is 0. The van der Waals surface area contributed by atoms with Gasteiger partial charge in [0.1, 0.15) is 0 Å². The molecule has 1 heterocycles. The van der Waals surface area contributed by atoms with E-state index in [4.69, 9.17) is 4.74 Å². The van der Waals surface area contributed by atoms with Crippen molar-refractivity contribution in [2.45, 2.75) is 27.2 Å². The maximum Gasteiger partial charge on any atom is 0.409 e. The lowest BCUT2D eigenvalue weighted by Gasteiger charge is -2.23. The summed E-state index contributed by atoms with van der Waals surface area (Å²) in [6, 6.07) is 0. The van der Waals surface area contributed by atoms with Crippen molar-refractivity contribution >= 4 is 12.0 Å². The van der Waals surface area contributed by atoms with E-state index in [0.717, 1.165) is 13.0 Å². The van der Waals surface area contributed by atoms with Crippen LogP contribution in [0.2, 0.25) is 0 Å². The van der Waals surface area contributed by atoms with Gasteiger partial charge in [-0.05, 0) is 13.3 Å². The predicted octanol–water partition coefficient (Wildman–Crippen LogP) is 1.33. The van der Waals surface area contributed by atoms with Crippen LogP contribution in [0, 0.1) is 5.92 Å². The van der Waals surface area contributed by atoms with E-state index in [1.54, 1.807) is 11.8 Å². The molecule has 0 aromatic heterocycles. The first-order chi connectivity index (χ1) is 8.06. The highest BCUT2D eigenvalue weighted by molar-refractivity contribution is 5.78. The van der Waals surface area contributed by atoms with Gasteiger partial charge in [-0.3, -0.25) is 4.79 Å². The minimum absolute atomic E-state index is 0.0177. The van der Waals surface area contributed by atoms with Crippen molar-refractivity contribution in [3.63, 3.8) is 0 Å². The maximum absolute atomic E-state index is 11.8. The van der Waals surface area contributed by atoms with Gasteiger partial charge in [-0.25, -0.2) is 4.79 Å². The molecule has 0 bridgehead atoms. The zero-order valence-corrected chi connectivity index (χ0v) is 10.9. The zero-order valence-electron chi connectivity index (χ0n) is 10.9. The molecule has 0 saturated carbocycles. The fourth-order valence-corrected chi connectivity index (χ4v) is 1.90. The fraction of sp³-hybridized carbons (Fsp3) is 0.833. The molecular formula is C12H22N2O3. The van der Waals surface area contributed by atoms with Crippen molar-refractivity contribution in [2.24, 2.45) is 5.92 Å². The van der Waals surface area contributed by atoms with Crippen molar-refractivity contribution in [1.29, 1.82) is 0 Å². The fourth-order valence-electron chi connectivity index (χ4n) is 1.90. The van der Waals surface area contributed by atoms with Crippen molar-refractivity contribution in [2.75, 3.05) is 32.8 Å². The Morgan fingerprint density at radius 3 is 2.29 bits per heavy atom. The summed E-state index contributed by atoms with van der Waals surface area (Å²) in [5.74, 6) is 0.180. The average Bonchev–Trinajstić information content (AvgIpc) is 2.53. The number of amides is 2. The van der Waals surface area contributed by atoms with Gasteiger partial charge in [0.25, 0.3) is 0 Å². The Hall–Kier alpha value is -1.26. The zero-order chi connectivity index (χ0) is 12.8. The van der Waals surface area contributed by atoms with E-state index < -0.39 is 0 Å². The van der Waals surface area contributed by atoms with E-state index in [2.05, 4.69) is 0 Å². The Balaban J connectivity index is 2.50. The smallest absolute Gasteiger partial charge is 0.409 e. The summed E-state index contributed by atoms with van der Waals surface area (Å²) in [6.45, 7) is 8.56. The Bertz CT molecular complexity index is 279. The van der Waals surface area contributed by atoms with Gasteiger partial charge in [0.05, 0.1) is 6.61 Å². The molecule has 0 aromatic carbocycles. The van der Waals surface area contributed by atoms with Crippen LogP contribution in [0.1, 0.15) is 27.2 Å². The van der Waals surface area contributed by atoms with Crippen molar-refractivity contribution in [3.05, 3.63) is 0 Å². The second-order valence-corrected chi connectivity index (χ2v) is 4.52. The Labute approximate surface area is 103 Å². The van der Waals surface area contributed by atoms with Crippen LogP contribution in [0.4, 0.5) is 4.79 Å². The van der Waals surface area contributed by atoms with E-state index >= 15 is 0 Å². The standard InChI is InChI=1S/C12H22N2O3/c1-4-17-12(16)14-7-5-6-13(8-9-14)11(15)10(2)3/h10H,4-9H2,1-3H3. The molecule has 0 unspecified atom stereocenters. The van der Waals surface area contributed by atoms with Crippen LogP contribution in [0.3, 0.4) is 0 Å². The highest BCUT2D eigenvalue weighted by atomic mass is 16.6. The van der Waals surface area contributed by atoms with Crippen LogP contribution >= 0.6 is 0 Å². The van der Waals surface area contributed by atoms with E-state index in [9.17, 15) is 9.59 Å². The summed E-state index contributed by atoms with van der Waals surface area (Å²) in [5.41, 5.74) is 0. The summed E-state index contributed by atoms with van der Waals surface area (Å²) < 4.78 is 4.96. The first kappa shape index (κ1) is 13.8. The van der Waals surface area contributed by atoms with E-state index in [-0.39, 0.29) is 17.9 Å². The van der Waals surface area contributed by atoms with Crippen LogP contribution < -0.4 is 0 Å². The molecule has 1 aliphatic rings. The highest BCUT2D eigenvalue weighted by Gasteiger charge is 2.23. The lowest BCUT2D eigenvalue weighted by molar-refractivity contribution is -0.134. The van der Waals surface area contributed by atoms with Crippen LogP contribution in [0.25, 0.3) is 0 Å². The third-order valence-electron chi connectivity index (χ3n) is 2.83. The number of rotatable bonds is 2. The highest BCUT2D eigenvalue weighted by Crippen LogP contribution is 2.08. The Kier molecular flexibility index (Phi) is 5.25. The molecule has 0 aromatic rings. The molecule has 2 amide bonds. The molecule has 0 spiro atoms. The summed E-state index contributed by atoms with van der Waals surface area (Å²) in [5, 5.41) is 0. The molecule has 0 atom stereocenters. The number of ether oxygens (including phenoxy) is 1. The molecular weight excluding hydrogens is 220 g/mol. The largest absolute Gasteiger partial charge is 0.450 e. The SMILES string of the molecule is CCOC(=O)N1CCCN(C(=O)C(C)C)CC1. The molecule has 1 saturated heterocycles. The Morgan fingerprint density at radius 2 is 1.71 bits per heavy atom. The van der Waals surface area contributed by atoms with Crippen LogP contribution in [-0.2, 0) is 9.53 Å². The van der Waals surface area contributed by atoms with Gasteiger partial charge in [-0.15, -0.1) is 0 Å². The van der Waals surface area contributed by atoms with Crippen LogP contribution in [0.5, 0.6) is 0 Å². The lowest BCUT2D eigenvalue weighted by Crippen LogP contribution is -2.39. The quantitative estimate of drug-likeness (QED) is 0.734.